The van der Waals surface area contributed by atoms with Crippen molar-refractivity contribution in [3.63, 3.8) is 0 Å². The fourth-order valence-corrected chi connectivity index (χ4v) is 2.14. The monoisotopic (exact) mass is 297 g/mol. The highest BCUT2D eigenvalue weighted by Gasteiger charge is 2.35. The average molecular weight is 297 g/mol. The van der Waals surface area contributed by atoms with Gasteiger partial charge in [-0.05, 0) is 41.7 Å². The number of hydrogen-bond donors (Lipinski definition) is 0. The molecule has 1 nitrogen and oxygen atoms in total. The molecule has 0 spiro atoms. The van der Waals surface area contributed by atoms with E-state index in [1.807, 2.05) is 0 Å². The average Bonchev–Trinajstić information content (AvgIpc) is 2.40. The number of aromatic nitrogens is 1. The molecule has 0 N–H and O–H groups in total. The second-order valence-electron chi connectivity index (χ2n) is 5.23. The maximum absolute atomic E-state index is 13.1. The smallest absolute Gasteiger partial charge is 0.260 e. The molecule has 1 aromatic carbocycles. The minimum atomic E-state index is -4.43. The Labute approximate surface area is 120 Å². The van der Waals surface area contributed by atoms with Crippen molar-refractivity contribution >= 4 is 0 Å². The molecule has 0 atom stereocenters. The molecular weight excluding hydrogens is 282 g/mol. The first-order valence-corrected chi connectivity index (χ1v) is 6.58. The van der Waals surface area contributed by atoms with Gasteiger partial charge in [0, 0.05) is 6.20 Å². The number of halogens is 4. The molecule has 21 heavy (non-hydrogen) atoms. The van der Waals surface area contributed by atoms with Crippen molar-refractivity contribution in [2.75, 3.05) is 0 Å². The Balaban J connectivity index is 2.35. The lowest BCUT2D eigenvalue weighted by atomic mass is 9.99. The van der Waals surface area contributed by atoms with Crippen LogP contribution in [0.4, 0.5) is 17.6 Å². The molecule has 2 aromatic rings. The summed E-state index contributed by atoms with van der Waals surface area (Å²) in [7, 11) is 0. The Hall–Kier alpha value is -1.91. The van der Waals surface area contributed by atoms with Crippen LogP contribution in [0, 0.1) is 5.82 Å². The third-order valence-electron chi connectivity index (χ3n) is 3.15. The predicted octanol–water partition coefficient (Wildman–Crippen LogP) is 4.95. The zero-order valence-electron chi connectivity index (χ0n) is 11.7. The second kappa shape index (κ2) is 5.84. The van der Waals surface area contributed by atoms with E-state index in [1.54, 1.807) is 26.0 Å². The molecule has 2 rings (SSSR count). The zero-order chi connectivity index (χ0) is 15.6. The first-order valence-electron chi connectivity index (χ1n) is 6.58. The van der Waals surface area contributed by atoms with Gasteiger partial charge in [-0.25, -0.2) is 4.39 Å². The SMILES string of the molecule is CC(C)c1ncc(Cc2ccc(F)cc2)cc1C(F)(F)F. The van der Waals surface area contributed by atoms with E-state index in [4.69, 9.17) is 0 Å². The van der Waals surface area contributed by atoms with Gasteiger partial charge in [0.25, 0.3) is 0 Å². The van der Waals surface area contributed by atoms with Crippen LogP contribution in [0.25, 0.3) is 0 Å². The molecular formula is C16H15F4N. The molecule has 0 radical (unpaired) electrons. The van der Waals surface area contributed by atoms with Crippen molar-refractivity contribution in [3.05, 3.63) is 64.7 Å². The van der Waals surface area contributed by atoms with Crippen LogP contribution in [0.15, 0.2) is 36.5 Å². The highest BCUT2D eigenvalue weighted by molar-refractivity contribution is 5.33. The summed E-state index contributed by atoms with van der Waals surface area (Å²) in [6.07, 6.45) is -2.69. The summed E-state index contributed by atoms with van der Waals surface area (Å²) in [5, 5.41) is 0. The second-order valence-corrected chi connectivity index (χ2v) is 5.23. The van der Waals surface area contributed by atoms with Crippen molar-refractivity contribution in [1.82, 2.24) is 4.98 Å². The Morgan fingerprint density at radius 3 is 2.19 bits per heavy atom. The quantitative estimate of drug-likeness (QED) is 0.730. The Morgan fingerprint density at radius 1 is 1.05 bits per heavy atom. The van der Waals surface area contributed by atoms with Crippen molar-refractivity contribution in [2.45, 2.75) is 32.4 Å². The molecule has 1 heterocycles. The van der Waals surface area contributed by atoms with Crippen LogP contribution >= 0.6 is 0 Å². The number of alkyl halides is 3. The molecule has 112 valence electrons. The molecule has 5 heteroatoms. The van der Waals surface area contributed by atoms with E-state index in [0.717, 1.165) is 11.6 Å². The summed E-state index contributed by atoms with van der Waals surface area (Å²) in [5.41, 5.74) is 0.546. The number of benzene rings is 1. The van der Waals surface area contributed by atoms with Crippen molar-refractivity contribution in [1.29, 1.82) is 0 Å². The molecule has 0 aliphatic heterocycles. The molecule has 0 unspecified atom stereocenters. The summed E-state index contributed by atoms with van der Waals surface area (Å²) >= 11 is 0. The normalized spacial score (nSPS) is 12.0. The third kappa shape index (κ3) is 3.80. The van der Waals surface area contributed by atoms with Gasteiger partial charge in [0.2, 0.25) is 0 Å². The minimum absolute atomic E-state index is 0.0466. The van der Waals surface area contributed by atoms with E-state index >= 15 is 0 Å². The zero-order valence-corrected chi connectivity index (χ0v) is 11.7. The Morgan fingerprint density at radius 2 is 1.67 bits per heavy atom. The first kappa shape index (κ1) is 15.5. The summed E-state index contributed by atoms with van der Waals surface area (Å²) in [5.74, 6) is -0.676. The third-order valence-corrected chi connectivity index (χ3v) is 3.15. The molecule has 1 aromatic heterocycles. The molecule has 0 saturated carbocycles. The summed E-state index contributed by atoms with van der Waals surface area (Å²) in [4.78, 5) is 3.96. The van der Waals surface area contributed by atoms with Crippen LogP contribution in [-0.4, -0.2) is 4.98 Å². The fourth-order valence-electron chi connectivity index (χ4n) is 2.14. The summed E-state index contributed by atoms with van der Waals surface area (Å²) in [6, 6.07) is 6.81. The van der Waals surface area contributed by atoms with Crippen LogP contribution in [-0.2, 0) is 12.6 Å². The van der Waals surface area contributed by atoms with E-state index in [2.05, 4.69) is 4.98 Å². The van der Waals surface area contributed by atoms with Crippen molar-refractivity contribution < 1.29 is 17.6 Å². The lowest BCUT2D eigenvalue weighted by Gasteiger charge is -2.16. The minimum Gasteiger partial charge on any atom is -0.260 e. The number of nitrogens with zero attached hydrogens (tertiary/aromatic N) is 1. The van der Waals surface area contributed by atoms with E-state index in [-0.39, 0.29) is 23.8 Å². The van der Waals surface area contributed by atoms with Gasteiger partial charge >= 0.3 is 6.18 Å². The van der Waals surface area contributed by atoms with Gasteiger partial charge in [0.05, 0.1) is 11.3 Å². The molecule has 0 aliphatic carbocycles. The van der Waals surface area contributed by atoms with E-state index in [9.17, 15) is 17.6 Å². The van der Waals surface area contributed by atoms with Crippen LogP contribution in [0.3, 0.4) is 0 Å². The van der Waals surface area contributed by atoms with Crippen LogP contribution in [0.2, 0.25) is 0 Å². The fraction of sp³-hybridized carbons (Fsp3) is 0.312. The van der Waals surface area contributed by atoms with Gasteiger partial charge in [0.15, 0.2) is 0 Å². The lowest BCUT2D eigenvalue weighted by molar-refractivity contribution is -0.138. The van der Waals surface area contributed by atoms with Gasteiger partial charge in [-0.2, -0.15) is 13.2 Å². The maximum atomic E-state index is 13.1. The van der Waals surface area contributed by atoms with Crippen LogP contribution in [0.5, 0.6) is 0 Å². The molecule has 0 aliphatic rings. The summed E-state index contributed by atoms with van der Waals surface area (Å²) < 4.78 is 52.1. The van der Waals surface area contributed by atoms with Crippen molar-refractivity contribution in [3.8, 4) is 0 Å². The predicted molar refractivity (Wildman–Crippen MR) is 72.5 cm³/mol. The van der Waals surface area contributed by atoms with Crippen molar-refractivity contribution in [2.24, 2.45) is 0 Å². The first-order chi connectivity index (χ1) is 9.77. The standard InChI is InChI=1S/C16H15F4N/c1-10(2)15-14(16(18,19)20)8-12(9-21-15)7-11-3-5-13(17)6-4-11/h3-6,8-10H,7H2,1-2H3. The van der Waals surface area contributed by atoms with Gasteiger partial charge in [-0.15, -0.1) is 0 Å². The largest absolute Gasteiger partial charge is 0.418 e. The highest BCUT2D eigenvalue weighted by Crippen LogP contribution is 2.34. The maximum Gasteiger partial charge on any atom is 0.418 e. The molecule has 0 fully saturated rings. The topological polar surface area (TPSA) is 12.9 Å². The van der Waals surface area contributed by atoms with E-state index in [0.29, 0.717) is 5.56 Å². The van der Waals surface area contributed by atoms with Gasteiger partial charge in [-0.1, -0.05) is 26.0 Å². The molecule has 0 bridgehead atoms. The van der Waals surface area contributed by atoms with Gasteiger partial charge in [-0.3, -0.25) is 4.98 Å². The Bertz CT molecular complexity index is 615. The van der Waals surface area contributed by atoms with Gasteiger partial charge < -0.3 is 0 Å². The van der Waals surface area contributed by atoms with Crippen LogP contribution in [0.1, 0.15) is 42.1 Å². The Kier molecular flexibility index (Phi) is 4.30. The molecule has 0 amide bonds. The van der Waals surface area contributed by atoms with Gasteiger partial charge in [0.1, 0.15) is 5.82 Å². The highest BCUT2D eigenvalue weighted by atomic mass is 19.4. The number of hydrogen-bond acceptors (Lipinski definition) is 1. The lowest BCUT2D eigenvalue weighted by Crippen LogP contribution is -2.13. The summed E-state index contributed by atoms with van der Waals surface area (Å²) in [6.45, 7) is 3.36. The number of rotatable bonds is 3. The van der Waals surface area contributed by atoms with Crippen LogP contribution < -0.4 is 0 Å². The number of pyridine rings is 1. The van der Waals surface area contributed by atoms with E-state index in [1.165, 1.54) is 18.3 Å². The molecule has 0 saturated heterocycles. The van der Waals surface area contributed by atoms with E-state index < -0.39 is 11.7 Å².